The van der Waals surface area contributed by atoms with E-state index >= 15 is 0 Å². The first-order valence-electron chi connectivity index (χ1n) is 16.6. The van der Waals surface area contributed by atoms with Gasteiger partial charge in [0.2, 0.25) is 11.8 Å². The topological polar surface area (TPSA) is 114 Å². The average molecular weight is 588 g/mol. The van der Waals surface area contributed by atoms with Crippen LogP contribution < -0.4 is 16.8 Å². The molecule has 0 heterocycles. The first-order valence-corrected chi connectivity index (χ1v) is 16.6. The Morgan fingerprint density at radius 2 is 1.05 bits per heavy atom. The van der Waals surface area contributed by atoms with Gasteiger partial charge in [-0.3, -0.25) is 14.6 Å². The zero-order chi connectivity index (χ0) is 29.0. The molecule has 0 rings (SSSR count). The third-order valence-corrected chi connectivity index (χ3v) is 7.66. The van der Waals surface area contributed by atoms with Gasteiger partial charge in [-0.15, -0.1) is 12.4 Å². The van der Waals surface area contributed by atoms with E-state index in [0.717, 1.165) is 12.8 Å². The molecule has 0 saturated carbocycles. The lowest BCUT2D eigenvalue weighted by atomic mass is 10.0. The number of carbonyl (C=O) groups is 2. The lowest BCUT2D eigenvalue weighted by molar-refractivity contribution is -0.136. The molecule has 0 unspecified atom stereocenters. The number of hydrogen-bond donors (Lipinski definition) is 3. The number of likely N-dealkylation sites (N-methyl/N-ethyl adjacent to an activating group) is 1. The Morgan fingerprint density at radius 1 is 0.650 bits per heavy atom. The van der Waals surface area contributed by atoms with Gasteiger partial charge in [-0.2, -0.15) is 0 Å². The number of rotatable bonds is 28. The van der Waals surface area contributed by atoms with Crippen LogP contribution in [0.25, 0.3) is 0 Å². The summed E-state index contributed by atoms with van der Waals surface area (Å²) in [6, 6.07) is -0.507. The van der Waals surface area contributed by atoms with Gasteiger partial charge in [-0.1, -0.05) is 122 Å². The van der Waals surface area contributed by atoms with E-state index in [2.05, 4.69) is 17.2 Å². The maximum Gasteiger partial charge on any atom is 0.245 e. The van der Waals surface area contributed by atoms with Crippen molar-refractivity contribution >= 4 is 30.2 Å². The molecule has 0 bridgehead atoms. The van der Waals surface area contributed by atoms with Crippen molar-refractivity contribution in [3.63, 3.8) is 0 Å². The van der Waals surface area contributed by atoms with E-state index < -0.39 is 6.04 Å². The molecule has 0 fully saturated rings. The SMILES string of the molecule is CCCCCCCCCCCCCCCCCCCCCC(=O)N[C@@H](CCCN=C(N)N)C(=O)N(CC)CC.Cl. The number of guanidine groups is 1. The molecule has 0 spiro atoms. The monoisotopic (exact) mass is 587 g/mol. The van der Waals surface area contributed by atoms with E-state index in [1.165, 1.54) is 109 Å². The number of hydrogen-bond acceptors (Lipinski definition) is 3. The van der Waals surface area contributed by atoms with E-state index in [0.29, 0.717) is 38.9 Å². The molecule has 0 aliphatic heterocycles. The Balaban J connectivity index is 0. The number of carbonyl (C=O) groups excluding carboxylic acids is 2. The van der Waals surface area contributed by atoms with Crippen LogP contribution in [-0.4, -0.2) is 48.3 Å². The summed E-state index contributed by atoms with van der Waals surface area (Å²) < 4.78 is 0. The summed E-state index contributed by atoms with van der Waals surface area (Å²) in [5, 5.41) is 2.97. The molecule has 7 nitrogen and oxygen atoms in total. The number of aliphatic imine (C=N–C) groups is 1. The third kappa shape index (κ3) is 25.5. The minimum absolute atomic E-state index is 0. The Bertz CT molecular complexity index is 610. The van der Waals surface area contributed by atoms with Gasteiger partial charge in [0.1, 0.15) is 6.04 Å². The molecule has 0 saturated heterocycles. The van der Waals surface area contributed by atoms with Crippen LogP contribution >= 0.6 is 12.4 Å². The van der Waals surface area contributed by atoms with Crippen molar-refractivity contribution in [3.05, 3.63) is 0 Å². The predicted molar refractivity (Wildman–Crippen MR) is 175 cm³/mol. The highest BCUT2D eigenvalue weighted by Gasteiger charge is 2.23. The third-order valence-electron chi connectivity index (χ3n) is 7.66. The fourth-order valence-electron chi connectivity index (χ4n) is 5.15. The molecule has 0 radical (unpaired) electrons. The van der Waals surface area contributed by atoms with Crippen LogP contribution in [0, 0.1) is 0 Å². The molecular formula is C32H66ClN5O2. The van der Waals surface area contributed by atoms with Gasteiger partial charge >= 0.3 is 0 Å². The standard InChI is InChI=1S/C32H65N5O2.ClH/c1-4-7-8-9-10-11-12-13-14-15-16-17-18-19-20-21-22-23-24-27-30(38)36-29(26-25-28-35-32(33)34)31(39)37(5-2)6-3;/h29H,4-28H2,1-3H3,(H,36,38)(H4,33,34,35);1H/t29-;/m0./s1. The molecule has 8 heteroatoms. The molecule has 1 atom stereocenters. The van der Waals surface area contributed by atoms with Gasteiger partial charge in [0, 0.05) is 26.1 Å². The summed E-state index contributed by atoms with van der Waals surface area (Å²) in [6.45, 7) is 7.92. The van der Waals surface area contributed by atoms with Crippen molar-refractivity contribution in [1.29, 1.82) is 0 Å². The van der Waals surface area contributed by atoms with Crippen molar-refractivity contribution in [1.82, 2.24) is 10.2 Å². The first kappa shape index (κ1) is 40.6. The summed E-state index contributed by atoms with van der Waals surface area (Å²) in [4.78, 5) is 31.1. The predicted octanol–water partition coefficient (Wildman–Crippen LogP) is 7.64. The highest BCUT2D eigenvalue weighted by molar-refractivity contribution is 5.87. The largest absolute Gasteiger partial charge is 0.370 e. The number of nitrogens with two attached hydrogens (primary N) is 2. The first-order chi connectivity index (χ1) is 19.0. The van der Waals surface area contributed by atoms with Gasteiger partial charge in [0.15, 0.2) is 5.96 Å². The van der Waals surface area contributed by atoms with Crippen molar-refractivity contribution in [2.24, 2.45) is 16.5 Å². The quantitative estimate of drug-likeness (QED) is 0.0495. The second-order valence-electron chi connectivity index (χ2n) is 11.2. The van der Waals surface area contributed by atoms with Crippen molar-refractivity contribution < 1.29 is 9.59 Å². The molecule has 5 N–H and O–H groups in total. The lowest BCUT2D eigenvalue weighted by Crippen LogP contribution is -2.48. The summed E-state index contributed by atoms with van der Waals surface area (Å²) in [5.74, 6) is -0.00413. The van der Waals surface area contributed by atoms with E-state index in [1.807, 2.05) is 13.8 Å². The van der Waals surface area contributed by atoms with Gasteiger partial charge in [0.25, 0.3) is 0 Å². The second-order valence-corrected chi connectivity index (χ2v) is 11.2. The summed E-state index contributed by atoms with van der Waals surface area (Å²) in [6.07, 6.45) is 27.1. The molecule has 0 aliphatic rings. The molecule has 0 aromatic carbocycles. The average Bonchev–Trinajstić information content (AvgIpc) is 2.92. The fourth-order valence-corrected chi connectivity index (χ4v) is 5.15. The van der Waals surface area contributed by atoms with Crippen LogP contribution in [0.4, 0.5) is 0 Å². The molecule has 238 valence electrons. The molecule has 40 heavy (non-hydrogen) atoms. The Labute approximate surface area is 253 Å². The van der Waals surface area contributed by atoms with Crippen molar-refractivity contribution in [3.8, 4) is 0 Å². The smallest absolute Gasteiger partial charge is 0.245 e. The minimum atomic E-state index is -0.507. The zero-order valence-corrected chi connectivity index (χ0v) is 27.3. The molecule has 0 aromatic rings. The van der Waals surface area contributed by atoms with Crippen LogP contribution in [0.5, 0.6) is 0 Å². The molecular weight excluding hydrogens is 522 g/mol. The number of unbranched alkanes of at least 4 members (excludes halogenated alkanes) is 18. The maximum atomic E-state index is 12.8. The Kier molecular flexibility index (Phi) is 30.9. The normalized spacial score (nSPS) is 11.5. The van der Waals surface area contributed by atoms with Gasteiger partial charge in [0.05, 0.1) is 0 Å². The number of halogens is 1. The second kappa shape index (κ2) is 30.5. The number of nitrogens with one attached hydrogen (secondary N) is 1. The van der Waals surface area contributed by atoms with Gasteiger partial charge < -0.3 is 21.7 Å². The number of nitrogens with zero attached hydrogens (tertiary/aromatic N) is 2. The summed E-state index contributed by atoms with van der Waals surface area (Å²) >= 11 is 0. The van der Waals surface area contributed by atoms with Crippen LogP contribution in [0.15, 0.2) is 4.99 Å². The summed E-state index contributed by atoms with van der Waals surface area (Å²) in [5.41, 5.74) is 10.8. The fraction of sp³-hybridized carbons (Fsp3) is 0.906. The highest BCUT2D eigenvalue weighted by atomic mass is 35.5. The molecule has 2 amide bonds. The Hall–Kier alpha value is -1.50. The van der Waals surface area contributed by atoms with E-state index in [9.17, 15) is 9.59 Å². The lowest BCUT2D eigenvalue weighted by Gasteiger charge is -2.26. The van der Waals surface area contributed by atoms with Crippen LogP contribution in [0.1, 0.15) is 162 Å². The minimum Gasteiger partial charge on any atom is -0.370 e. The van der Waals surface area contributed by atoms with Crippen LogP contribution in [-0.2, 0) is 9.59 Å². The van der Waals surface area contributed by atoms with E-state index in [-0.39, 0.29) is 30.2 Å². The van der Waals surface area contributed by atoms with E-state index in [4.69, 9.17) is 11.5 Å². The van der Waals surface area contributed by atoms with Crippen LogP contribution in [0.3, 0.4) is 0 Å². The van der Waals surface area contributed by atoms with Crippen molar-refractivity contribution in [2.75, 3.05) is 19.6 Å². The number of amides is 2. The zero-order valence-electron chi connectivity index (χ0n) is 26.5. The summed E-state index contributed by atoms with van der Waals surface area (Å²) in [7, 11) is 0. The maximum absolute atomic E-state index is 12.8. The van der Waals surface area contributed by atoms with E-state index in [1.54, 1.807) is 4.90 Å². The van der Waals surface area contributed by atoms with Crippen LogP contribution in [0.2, 0.25) is 0 Å². The highest BCUT2D eigenvalue weighted by Crippen LogP contribution is 2.15. The Morgan fingerprint density at radius 3 is 1.43 bits per heavy atom. The van der Waals surface area contributed by atoms with Gasteiger partial charge in [-0.05, 0) is 33.1 Å². The molecule has 0 aromatic heterocycles. The molecule has 0 aliphatic carbocycles. The van der Waals surface area contributed by atoms with Crippen molar-refractivity contribution in [2.45, 2.75) is 168 Å². The van der Waals surface area contributed by atoms with Gasteiger partial charge in [-0.25, -0.2) is 0 Å².